The fourth-order valence-electron chi connectivity index (χ4n) is 3.47. The molecule has 0 aromatic heterocycles. The maximum Gasteiger partial charge on any atom is 0.410 e. The van der Waals surface area contributed by atoms with E-state index in [0.29, 0.717) is 38.4 Å². The normalized spacial score (nSPS) is 19.6. The number of amides is 3. The molecule has 2 aliphatic rings. The van der Waals surface area contributed by atoms with E-state index in [9.17, 15) is 19.2 Å². The number of carbonyl (C=O) groups is 4. The Morgan fingerprint density at radius 2 is 1.75 bits per heavy atom. The van der Waals surface area contributed by atoms with Gasteiger partial charge in [-0.2, -0.15) is 0 Å². The minimum absolute atomic E-state index is 0.241. The van der Waals surface area contributed by atoms with Gasteiger partial charge >= 0.3 is 6.09 Å². The molecule has 0 unspecified atom stereocenters. The number of hydrogen-bond acceptors (Lipinski definition) is 5. The Kier molecular flexibility index (Phi) is 7.78. The van der Waals surface area contributed by atoms with E-state index >= 15 is 0 Å². The van der Waals surface area contributed by atoms with Gasteiger partial charge in [-0.3, -0.25) is 19.3 Å². The molecule has 0 N–H and O–H groups in total. The van der Waals surface area contributed by atoms with Crippen molar-refractivity contribution < 1.29 is 23.9 Å². The third-order valence-electron chi connectivity index (χ3n) is 5.01. The molecule has 156 valence electrons. The fourth-order valence-corrected chi connectivity index (χ4v) is 3.47. The molecule has 1 fully saturated rings. The molecule has 0 spiro atoms. The minimum Gasteiger partial charge on any atom is -0.444 e. The van der Waals surface area contributed by atoms with Gasteiger partial charge in [0.25, 0.3) is 11.8 Å². The van der Waals surface area contributed by atoms with E-state index in [4.69, 9.17) is 4.74 Å². The highest BCUT2D eigenvalue weighted by Gasteiger charge is 2.29. The summed E-state index contributed by atoms with van der Waals surface area (Å²) in [5, 5.41) is 0. The summed E-state index contributed by atoms with van der Waals surface area (Å²) in [5.41, 5.74) is -0.489. The molecule has 2 heterocycles. The lowest BCUT2D eigenvalue weighted by Gasteiger charge is -2.24. The highest BCUT2D eigenvalue weighted by molar-refractivity contribution is 6.12. The van der Waals surface area contributed by atoms with Crippen LogP contribution in [0.25, 0.3) is 0 Å². The van der Waals surface area contributed by atoms with Crippen LogP contribution >= 0.6 is 0 Å². The van der Waals surface area contributed by atoms with Crippen LogP contribution in [-0.4, -0.2) is 58.7 Å². The topological polar surface area (TPSA) is 84.0 Å². The lowest BCUT2D eigenvalue weighted by molar-refractivity contribution is -0.136. The van der Waals surface area contributed by atoms with Crippen molar-refractivity contribution >= 4 is 23.7 Å². The molecule has 7 nitrogen and oxygen atoms in total. The average molecular weight is 392 g/mol. The van der Waals surface area contributed by atoms with Crippen molar-refractivity contribution in [1.29, 1.82) is 0 Å². The molecule has 0 aromatic rings. The number of hydrogen-bond donors (Lipinski definition) is 0. The van der Waals surface area contributed by atoms with E-state index in [1.54, 1.807) is 4.90 Å². The Bertz CT molecular complexity index is 617. The molecule has 28 heavy (non-hydrogen) atoms. The van der Waals surface area contributed by atoms with Crippen molar-refractivity contribution in [2.24, 2.45) is 5.92 Å². The summed E-state index contributed by atoms with van der Waals surface area (Å²) in [5.74, 6) is 0.0954. The van der Waals surface area contributed by atoms with Crippen LogP contribution in [0.15, 0.2) is 12.2 Å². The highest BCUT2D eigenvalue weighted by Crippen LogP contribution is 2.23. The molecule has 0 bridgehead atoms. The number of ketones is 1. The summed E-state index contributed by atoms with van der Waals surface area (Å²) in [4.78, 5) is 50.0. The lowest BCUT2D eigenvalue weighted by atomic mass is 9.99. The average Bonchev–Trinajstić information content (AvgIpc) is 3.19. The molecule has 0 radical (unpaired) electrons. The maximum atomic E-state index is 12.1. The van der Waals surface area contributed by atoms with Crippen LogP contribution < -0.4 is 0 Å². The van der Waals surface area contributed by atoms with E-state index < -0.39 is 5.60 Å². The van der Waals surface area contributed by atoms with Crippen molar-refractivity contribution in [1.82, 2.24) is 9.80 Å². The second-order valence-corrected chi connectivity index (χ2v) is 8.63. The zero-order chi connectivity index (χ0) is 20.7. The largest absolute Gasteiger partial charge is 0.444 e. The van der Waals surface area contributed by atoms with Crippen LogP contribution in [0.5, 0.6) is 0 Å². The number of Topliss-reactive ketones (excluding diaryl/α,β-unsaturated/α-hetero) is 1. The standard InChI is InChI=1S/C21H32N2O5/c1-21(2,3)28-20(27)22-14-12-16(15-22)8-9-17(24)7-5-4-6-13-23-18(25)10-11-19(23)26/h10-11,16H,4-9,12-15H2,1-3H3/t16-/m1/s1. The van der Waals surface area contributed by atoms with Crippen molar-refractivity contribution in [3.8, 4) is 0 Å². The summed E-state index contributed by atoms with van der Waals surface area (Å²) in [6.07, 6.45) is 7.42. The summed E-state index contributed by atoms with van der Waals surface area (Å²) in [6, 6.07) is 0. The van der Waals surface area contributed by atoms with Gasteiger partial charge in [0.2, 0.25) is 0 Å². The first-order chi connectivity index (χ1) is 13.2. The molecular weight excluding hydrogens is 360 g/mol. The molecular formula is C21H32N2O5. The van der Waals surface area contributed by atoms with E-state index in [1.807, 2.05) is 20.8 Å². The van der Waals surface area contributed by atoms with Crippen LogP contribution in [-0.2, 0) is 19.1 Å². The van der Waals surface area contributed by atoms with Crippen molar-refractivity contribution in [3.05, 3.63) is 12.2 Å². The maximum absolute atomic E-state index is 12.1. The first-order valence-corrected chi connectivity index (χ1v) is 10.2. The fraction of sp³-hybridized carbons (Fsp3) is 0.714. The Morgan fingerprint density at radius 3 is 2.39 bits per heavy atom. The van der Waals surface area contributed by atoms with Gasteiger partial charge in [-0.15, -0.1) is 0 Å². The zero-order valence-corrected chi connectivity index (χ0v) is 17.2. The van der Waals surface area contributed by atoms with Gasteiger partial charge in [0.05, 0.1) is 0 Å². The second-order valence-electron chi connectivity index (χ2n) is 8.63. The van der Waals surface area contributed by atoms with Crippen molar-refractivity contribution in [2.45, 2.75) is 71.3 Å². The van der Waals surface area contributed by atoms with Gasteiger partial charge in [0.15, 0.2) is 0 Å². The first kappa shape index (κ1) is 22.1. The molecule has 3 amide bonds. The van der Waals surface area contributed by atoms with E-state index in [-0.39, 0.29) is 23.7 Å². The second kappa shape index (κ2) is 9.85. The van der Waals surface area contributed by atoms with Crippen molar-refractivity contribution in [3.63, 3.8) is 0 Å². The van der Waals surface area contributed by atoms with E-state index in [2.05, 4.69) is 0 Å². The van der Waals surface area contributed by atoms with Crippen molar-refractivity contribution in [2.75, 3.05) is 19.6 Å². The number of imide groups is 1. The Balaban J connectivity index is 1.54. The van der Waals surface area contributed by atoms with Gasteiger partial charge in [0.1, 0.15) is 11.4 Å². The number of unbranched alkanes of at least 4 members (excludes halogenated alkanes) is 2. The SMILES string of the molecule is CC(C)(C)OC(=O)N1CC[C@@H](CCC(=O)CCCCCN2C(=O)C=CC2=O)C1. The quantitative estimate of drug-likeness (QED) is 0.445. The van der Waals surface area contributed by atoms with Gasteiger partial charge in [-0.1, -0.05) is 6.42 Å². The number of likely N-dealkylation sites (tertiary alicyclic amines) is 1. The Labute approximate surface area is 167 Å². The number of nitrogens with zero attached hydrogens (tertiary/aromatic N) is 2. The summed E-state index contributed by atoms with van der Waals surface area (Å²) in [6.45, 7) is 7.34. The van der Waals surface area contributed by atoms with Crippen LogP contribution in [0.3, 0.4) is 0 Å². The van der Waals surface area contributed by atoms with Gasteiger partial charge < -0.3 is 9.64 Å². The summed E-state index contributed by atoms with van der Waals surface area (Å²) >= 11 is 0. The smallest absolute Gasteiger partial charge is 0.410 e. The van der Waals surface area contributed by atoms with Crippen LogP contribution in [0.2, 0.25) is 0 Å². The third-order valence-corrected chi connectivity index (χ3v) is 5.01. The summed E-state index contributed by atoms with van der Waals surface area (Å²) < 4.78 is 5.39. The zero-order valence-electron chi connectivity index (χ0n) is 17.2. The van der Waals surface area contributed by atoms with E-state index in [1.165, 1.54) is 17.1 Å². The molecule has 2 aliphatic heterocycles. The predicted molar refractivity (Wildman–Crippen MR) is 104 cm³/mol. The Hall–Kier alpha value is -2.18. The van der Waals surface area contributed by atoms with Gasteiger partial charge in [0, 0.05) is 44.6 Å². The molecule has 0 aromatic carbocycles. The number of ether oxygens (including phenoxy) is 1. The minimum atomic E-state index is -0.489. The molecule has 1 saturated heterocycles. The van der Waals surface area contributed by atoms with Crippen LogP contribution in [0.4, 0.5) is 4.79 Å². The van der Waals surface area contributed by atoms with Crippen LogP contribution in [0, 0.1) is 5.92 Å². The van der Waals surface area contributed by atoms with E-state index in [0.717, 1.165) is 32.1 Å². The molecule has 1 atom stereocenters. The molecule has 0 saturated carbocycles. The molecule has 0 aliphatic carbocycles. The molecule has 7 heteroatoms. The third kappa shape index (κ3) is 7.09. The molecule has 2 rings (SSSR count). The monoisotopic (exact) mass is 392 g/mol. The highest BCUT2D eigenvalue weighted by atomic mass is 16.6. The summed E-state index contributed by atoms with van der Waals surface area (Å²) in [7, 11) is 0. The Morgan fingerprint density at radius 1 is 1.07 bits per heavy atom. The first-order valence-electron chi connectivity index (χ1n) is 10.2. The van der Waals surface area contributed by atoms with Gasteiger partial charge in [-0.05, 0) is 52.4 Å². The number of rotatable bonds is 9. The predicted octanol–water partition coefficient (Wildman–Crippen LogP) is 3.08. The lowest BCUT2D eigenvalue weighted by Crippen LogP contribution is -2.35. The van der Waals surface area contributed by atoms with Crippen LogP contribution in [0.1, 0.15) is 65.7 Å². The van der Waals surface area contributed by atoms with Gasteiger partial charge in [-0.25, -0.2) is 4.79 Å². The number of carbonyl (C=O) groups excluding carboxylic acids is 4.